The number of carbonyl (C=O) groups is 1. The van der Waals surface area contributed by atoms with Crippen LogP contribution < -0.4 is 11.1 Å². The van der Waals surface area contributed by atoms with E-state index in [9.17, 15) is 4.79 Å². The first-order valence-electron chi connectivity index (χ1n) is 11.7. The molecule has 0 rings (SSSR count). The summed E-state index contributed by atoms with van der Waals surface area (Å²) in [6.45, 7) is 3.92. The van der Waals surface area contributed by atoms with Crippen molar-refractivity contribution in [1.29, 1.82) is 0 Å². The van der Waals surface area contributed by atoms with Crippen LogP contribution >= 0.6 is 0 Å². The maximum Gasteiger partial charge on any atom is 0.136 e. The number of hydrogen-bond acceptors (Lipinski definition) is 3. The van der Waals surface area contributed by atoms with Gasteiger partial charge in [0.1, 0.15) is 6.29 Å². The van der Waals surface area contributed by atoms with Gasteiger partial charge in [-0.25, -0.2) is 0 Å². The number of unbranched alkanes of at least 4 members (excludes halogenated alkanes) is 15. The van der Waals surface area contributed by atoms with E-state index in [2.05, 4.69) is 12.2 Å². The molecule has 0 radical (unpaired) electrons. The van der Waals surface area contributed by atoms with Crippen LogP contribution in [0.5, 0.6) is 0 Å². The maximum atomic E-state index is 10.9. The van der Waals surface area contributed by atoms with Crippen LogP contribution in [0.4, 0.5) is 0 Å². The lowest BCUT2D eigenvalue weighted by Gasteiger charge is -2.11. The van der Waals surface area contributed by atoms with Crippen LogP contribution in [0.2, 0.25) is 0 Å². The number of carbonyl (C=O) groups excluding carboxylic acids is 1. The molecule has 0 unspecified atom stereocenters. The van der Waals surface area contributed by atoms with Gasteiger partial charge < -0.3 is 15.8 Å². The van der Waals surface area contributed by atoms with Gasteiger partial charge in [0.05, 0.1) is 6.04 Å². The summed E-state index contributed by atoms with van der Waals surface area (Å²) in [5.74, 6) is 0. The highest BCUT2D eigenvalue weighted by Gasteiger charge is 2.04. The van der Waals surface area contributed by atoms with Crippen molar-refractivity contribution in [3.8, 4) is 0 Å². The highest BCUT2D eigenvalue weighted by Crippen LogP contribution is 2.13. The minimum Gasteiger partial charge on any atom is -0.330 e. The van der Waals surface area contributed by atoms with Gasteiger partial charge in [-0.05, 0) is 32.4 Å². The number of rotatable bonds is 22. The van der Waals surface area contributed by atoms with Crippen molar-refractivity contribution in [2.75, 3.05) is 13.1 Å². The van der Waals surface area contributed by atoms with Crippen LogP contribution in [0.25, 0.3) is 0 Å². The van der Waals surface area contributed by atoms with Gasteiger partial charge >= 0.3 is 0 Å². The zero-order valence-electron chi connectivity index (χ0n) is 17.8. The Bertz CT molecular complexity index is 271. The van der Waals surface area contributed by atoms with Crippen LogP contribution in [-0.2, 0) is 4.79 Å². The Hall–Kier alpha value is -0.410. The lowest BCUT2D eigenvalue weighted by Crippen LogP contribution is -2.31. The molecule has 0 fully saturated rings. The summed E-state index contributed by atoms with van der Waals surface area (Å²) < 4.78 is 0. The Morgan fingerprint density at radius 2 is 1.12 bits per heavy atom. The maximum absolute atomic E-state index is 10.9. The molecule has 0 aliphatic heterocycles. The molecule has 26 heavy (non-hydrogen) atoms. The monoisotopic (exact) mass is 368 g/mol. The van der Waals surface area contributed by atoms with Crippen molar-refractivity contribution in [2.45, 2.75) is 129 Å². The third kappa shape index (κ3) is 19.9. The Labute approximate surface area is 164 Å². The summed E-state index contributed by atoms with van der Waals surface area (Å²) >= 11 is 0. The molecule has 0 aromatic carbocycles. The molecule has 0 aromatic rings. The van der Waals surface area contributed by atoms with Gasteiger partial charge in [-0.3, -0.25) is 0 Å². The fraction of sp³-hybridized carbons (Fsp3) is 0.957. The van der Waals surface area contributed by atoms with Crippen molar-refractivity contribution in [3.63, 3.8) is 0 Å². The van der Waals surface area contributed by atoms with E-state index in [1.54, 1.807) is 0 Å². The van der Waals surface area contributed by atoms with Crippen molar-refractivity contribution < 1.29 is 4.79 Å². The molecular weight excluding hydrogens is 320 g/mol. The molecule has 0 bridgehead atoms. The fourth-order valence-electron chi connectivity index (χ4n) is 3.52. The summed E-state index contributed by atoms with van der Waals surface area (Å²) in [4.78, 5) is 10.9. The Morgan fingerprint density at radius 1 is 0.692 bits per heavy atom. The van der Waals surface area contributed by atoms with E-state index >= 15 is 0 Å². The quantitative estimate of drug-likeness (QED) is 0.178. The van der Waals surface area contributed by atoms with E-state index in [1.165, 1.54) is 103 Å². The summed E-state index contributed by atoms with van der Waals surface area (Å²) in [5, 5.41) is 3.33. The zero-order chi connectivity index (χ0) is 19.1. The zero-order valence-corrected chi connectivity index (χ0v) is 17.8. The third-order valence-corrected chi connectivity index (χ3v) is 5.32. The molecule has 156 valence electrons. The van der Waals surface area contributed by atoms with E-state index in [1.807, 2.05) is 0 Å². The van der Waals surface area contributed by atoms with Gasteiger partial charge in [0.15, 0.2) is 0 Å². The first-order chi connectivity index (χ1) is 12.8. The van der Waals surface area contributed by atoms with Gasteiger partial charge in [-0.1, -0.05) is 103 Å². The van der Waals surface area contributed by atoms with E-state index < -0.39 is 0 Å². The molecule has 1 atom stereocenters. The molecule has 0 aliphatic carbocycles. The first kappa shape index (κ1) is 25.6. The van der Waals surface area contributed by atoms with Crippen molar-refractivity contribution in [3.05, 3.63) is 0 Å². The van der Waals surface area contributed by atoms with Crippen molar-refractivity contribution in [1.82, 2.24) is 5.32 Å². The molecule has 0 heterocycles. The second-order valence-corrected chi connectivity index (χ2v) is 7.93. The largest absolute Gasteiger partial charge is 0.330 e. The lowest BCUT2D eigenvalue weighted by molar-refractivity contribution is -0.109. The smallest absolute Gasteiger partial charge is 0.136 e. The van der Waals surface area contributed by atoms with E-state index in [0.717, 1.165) is 25.7 Å². The predicted octanol–water partition coefficient (Wildman–Crippen LogP) is 6.14. The van der Waals surface area contributed by atoms with E-state index in [0.29, 0.717) is 6.54 Å². The molecule has 0 saturated heterocycles. The molecule has 3 heteroatoms. The van der Waals surface area contributed by atoms with E-state index in [4.69, 9.17) is 5.73 Å². The molecule has 0 aliphatic rings. The highest BCUT2D eigenvalue weighted by atomic mass is 16.1. The second-order valence-electron chi connectivity index (χ2n) is 7.93. The summed E-state index contributed by atoms with van der Waals surface area (Å²) in [7, 11) is 0. The van der Waals surface area contributed by atoms with Crippen LogP contribution in [0.15, 0.2) is 0 Å². The van der Waals surface area contributed by atoms with Gasteiger partial charge in [-0.15, -0.1) is 0 Å². The van der Waals surface area contributed by atoms with Crippen molar-refractivity contribution in [2.24, 2.45) is 5.73 Å². The minimum atomic E-state index is 0.00916. The Balaban J connectivity index is 3.12. The minimum absolute atomic E-state index is 0.00916. The summed E-state index contributed by atoms with van der Waals surface area (Å²) in [6, 6.07) is 0.00916. The topological polar surface area (TPSA) is 55.1 Å². The van der Waals surface area contributed by atoms with Gasteiger partial charge in [-0.2, -0.15) is 0 Å². The Morgan fingerprint density at radius 3 is 1.50 bits per heavy atom. The Kier molecular flexibility index (Phi) is 22.3. The molecule has 0 saturated carbocycles. The predicted molar refractivity (Wildman–Crippen MR) is 116 cm³/mol. The molecule has 0 amide bonds. The second kappa shape index (κ2) is 22.6. The number of aldehydes is 1. The van der Waals surface area contributed by atoms with Crippen LogP contribution in [0.1, 0.15) is 122 Å². The van der Waals surface area contributed by atoms with E-state index in [-0.39, 0.29) is 6.04 Å². The number of nitrogens with two attached hydrogens (primary N) is 1. The molecule has 0 aromatic heterocycles. The fourth-order valence-corrected chi connectivity index (χ4v) is 3.52. The first-order valence-corrected chi connectivity index (χ1v) is 11.7. The van der Waals surface area contributed by atoms with Gasteiger partial charge in [0, 0.05) is 0 Å². The van der Waals surface area contributed by atoms with Gasteiger partial charge in [0.2, 0.25) is 0 Å². The van der Waals surface area contributed by atoms with Gasteiger partial charge in [0.25, 0.3) is 0 Å². The summed E-state index contributed by atoms with van der Waals surface area (Å²) in [6.07, 6.45) is 25.2. The average molecular weight is 369 g/mol. The number of nitrogens with one attached hydrogen (secondary N) is 1. The van der Waals surface area contributed by atoms with Crippen LogP contribution in [0, 0.1) is 0 Å². The summed E-state index contributed by atoms with van der Waals surface area (Å²) in [5.41, 5.74) is 5.48. The molecule has 3 N–H and O–H groups in total. The molecule has 3 nitrogen and oxygen atoms in total. The third-order valence-electron chi connectivity index (χ3n) is 5.32. The SMILES string of the molecule is CCCCCCCCCCCCCCCCCCN[C@@H](C=O)CCCN. The average Bonchev–Trinajstić information content (AvgIpc) is 2.66. The number of hydrogen-bond donors (Lipinski definition) is 2. The molecule has 0 spiro atoms. The normalized spacial score (nSPS) is 12.4. The lowest BCUT2D eigenvalue weighted by atomic mass is 10.0. The van der Waals surface area contributed by atoms with Crippen LogP contribution in [0.3, 0.4) is 0 Å². The van der Waals surface area contributed by atoms with Crippen molar-refractivity contribution >= 4 is 6.29 Å². The standard InChI is InChI=1S/C23H48N2O/c1-2-3-4-5-6-7-8-9-10-11-12-13-14-15-16-17-21-25-23(22-26)19-18-20-24/h22-23,25H,2-21,24H2,1H3/t23-/m1/s1. The highest BCUT2D eigenvalue weighted by molar-refractivity contribution is 5.57. The molecular formula is C23H48N2O. The van der Waals surface area contributed by atoms with Crippen LogP contribution in [-0.4, -0.2) is 25.4 Å².